The Morgan fingerprint density at radius 1 is 1.42 bits per heavy atom. The summed E-state index contributed by atoms with van der Waals surface area (Å²) in [5, 5.41) is 0.617. The maximum atomic E-state index is 11.2. The summed E-state index contributed by atoms with van der Waals surface area (Å²) in [7, 11) is 2.98. The van der Waals surface area contributed by atoms with E-state index in [1.54, 1.807) is 25.3 Å². The zero-order valence-corrected chi connectivity index (χ0v) is 12.2. The van der Waals surface area contributed by atoms with Gasteiger partial charge in [0.05, 0.1) is 14.2 Å². The van der Waals surface area contributed by atoms with Crippen LogP contribution in [0.25, 0.3) is 0 Å². The van der Waals surface area contributed by atoms with E-state index >= 15 is 0 Å². The number of benzene rings is 1. The Labute approximate surface area is 118 Å². The molecular weight excluding hydrogens is 266 g/mol. The van der Waals surface area contributed by atoms with Crippen LogP contribution in [0, 0.1) is 5.92 Å². The molecule has 1 aromatic rings. The molecule has 2 unspecified atom stereocenters. The molecule has 0 saturated heterocycles. The van der Waals surface area contributed by atoms with Crippen LogP contribution in [0.1, 0.15) is 31.4 Å². The minimum Gasteiger partial charge on any atom is -0.496 e. The maximum Gasteiger partial charge on any atom is 0.305 e. The van der Waals surface area contributed by atoms with E-state index in [9.17, 15) is 4.79 Å². The van der Waals surface area contributed by atoms with Gasteiger partial charge in [-0.25, -0.2) is 0 Å². The highest BCUT2D eigenvalue weighted by molar-refractivity contribution is 6.30. The van der Waals surface area contributed by atoms with Crippen molar-refractivity contribution in [1.82, 2.24) is 0 Å². The summed E-state index contributed by atoms with van der Waals surface area (Å²) in [5.41, 5.74) is 7.02. The van der Waals surface area contributed by atoms with Crippen LogP contribution in [0.5, 0.6) is 5.75 Å². The first-order valence-corrected chi connectivity index (χ1v) is 6.51. The predicted molar refractivity (Wildman–Crippen MR) is 75.3 cm³/mol. The van der Waals surface area contributed by atoms with Gasteiger partial charge in [-0.2, -0.15) is 0 Å². The van der Waals surface area contributed by atoms with Crippen molar-refractivity contribution in [2.75, 3.05) is 14.2 Å². The van der Waals surface area contributed by atoms with Gasteiger partial charge in [0, 0.05) is 23.0 Å². The Kier molecular flexibility index (Phi) is 6.12. The molecule has 0 heterocycles. The van der Waals surface area contributed by atoms with E-state index in [0.29, 0.717) is 23.6 Å². The monoisotopic (exact) mass is 285 g/mol. The molecule has 0 bridgehead atoms. The van der Waals surface area contributed by atoms with Crippen molar-refractivity contribution >= 4 is 17.6 Å². The van der Waals surface area contributed by atoms with Crippen LogP contribution in [0.2, 0.25) is 5.02 Å². The lowest BCUT2D eigenvalue weighted by Crippen LogP contribution is -2.17. The van der Waals surface area contributed by atoms with Crippen LogP contribution in [0.15, 0.2) is 18.2 Å². The smallest absolute Gasteiger partial charge is 0.305 e. The van der Waals surface area contributed by atoms with Crippen LogP contribution >= 0.6 is 11.6 Å². The molecule has 0 aromatic heterocycles. The number of hydrogen-bond donors (Lipinski definition) is 1. The number of halogens is 1. The number of carbonyl (C=O) groups is 1. The Bertz CT molecular complexity index is 437. The van der Waals surface area contributed by atoms with E-state index in [1.165, 1.54) is 7.11 Å². The summed E-state index contributed by atoms with van der Waals surface area (Å²) in [6.45, 7) is 1.97. The molecule has 106 valence electrons. The molecule has 0 fully saturated rings. The highest BCUT2D eigenvalue weighted by Gasteiger charge is 2.18. The molecular formula is C14H20ClNO3. The zero-order chi connectivity index (χ0) is 14.4. The lowest BCUT2D eigenvalue weighted by molar-refractivity contribution is -0.141. The number of carbonyl (C=O) groups excluding carboxylic acids is 1. The maximum absolute atomic E-state index is 11.2. The summed E-state index contributed by atoms with van der Waals surface area (Å²) in [6.07, 6.45) is 1.01. The van der Waals surface area contributed by atoms with Gasteiger partial charge in [0.15, 0.2) is 0 Å². The van der Waals surface area contributed by atoms with E-state index in [1.807, 2.05) is 6.92 Å². The highest BCUT2D eigenvalue weighted by Crippen LogP contribution is 2.31. The SMILES string of the molecule is COC(=O)CC(C)CC(N)c1cc(Cl)ccc1OC. The fourth-order valence-corrected chi connectivity index (χ4v) is 2.19. The molecule has 0 radical (unpaired) electrons. The van der Waals surface area contributed by atoms with Gasteiger partial charge in [-0.15, -0.1) is 0 Å². The molecule has 0 saturated carbocycles. The molecule has 2 N–H and O–H groups in total. The molecule has 19 heavy (non-hydrogen) atoms. The normalized spacial score (nSPS) is 13.7. The minimum absolute atomic E-state index is 0.131. The van der Waals surface area contributed by atoms with Crippen molar-refractivity contribution in [3.05, 3.63) is 28.8 Å². The van der Waals surface area contributed by atoms with Crippen LogP contribution < -0.4 is 10.5 Å². The Balaban J connectivity index is 2.74. The number of nitrogens with two attached hydrogens (primary N) is 1. The van der Waals surface area contributed by atoms with Gasteiger partial charge in [0.25, 0.3) is 0 Å². The minimum atomic E-state index is -0.228. The number of hydrogen-bond acceptors (Lipinski definition) is 4. The third-order valence-electron chi connectivity index (χ3n) is 2.99. The van der Waals surface area contributed by atoms with E-state index in [4.69, 9.17) is 22.1 Å². The third kappa shape index (κ3) is 4.73. The molecule has 0 aliphatic heterocycles. The number of methoxy groups -OCH3 is 2. The van der Waals surface area contributed by atoms with Crippen molar-refractivity contribution in [1.29, 1.82) is 0 Å². The predicted octanol–water partition coefficient (Wildman–Crippen LogP) is 2.94. The lowest BCUT2D eigenvalue weighted by atomic mass is 9.94. The fourth-order valence-electron chi connectivity index (χ4n) is 2.01. The molecule has 0 aliphatic carbocycles. The number of esters is 1. The second kappa shape index (κ2) is 7.36. The third-order valence-corrected chi connectivity index (χ3v) is 3.23. The van der Waals surface area contributed by atoms with Gasteiger partial charge in [0.2, 0.25) is 0 Å². The van der Waals surface area contributed by atoms with E-state index in [2.05, 4.69) is 4.74 Å². The molecule has 1 aromatic carbocycles. The Hall–Kier alpha value is -1.26. The van der Waals surface area contributed by atoms with Crippen LogP contribution in [0.3, 0.4) is 0 Å². The van der Waals surface area contributed by atoms with Gasteiger partial charge in [-0.3, -0.25) is 4.79 Å². The summed E-state index contributed by atoms with van der Waals surface area (Å²) < 4.78 is 9.92. The van der Waals surface area contributed by atoms with Crippen LogP contribution in [0.4, 0.5) is 0 Å². The van der Waals surface area contributed by atoms with Crippen molar-refractivity contribution in [3.63, 3.8) is 0 Å². The summed E-state index contributed by atoms with van der Waals surface area (Å²) in [4.78, 5) is 11.2. The van der Waals surface area contributed by atoms with E-state index in [0.717, 1.165) is 5.56 Å². The highest BCUT2D eigenvalue weighted by atomic mass is 35.5. The molecule has 5 heteroatoms. The zero-order valence-electron chi connectivity index (χ0n) is 11.5. The summed E-state index contributed by atoms with van der Waals surface area (Å²) in [6, 6.07) is 5.13. The first-order chi connectivity index (χ1) is 8.97. The van der Waals surface area contributed by atoms with Crippen molar-refractivity contribution in [2.45, 2.75) is 25.8 Å². The van der Waals surface area contributed by atoms with Gasteiger partial charge in [0.1, 0.15) is 5.75 Å². The molecule has 0 amide bonds. The quantitative estimate of drug-likeness (QED) is 0.816. The van der Waals surface area contributed by atoms with Crippen LogP contribution in [-0.2, 0) is 9.53 Å². The largest absolute Gasteiger partial charge is 0.496 e. The van der Waals surface area contributed by atoms with Crippen molar-refractivity contribution < 1.29 is 14.3 Å². The second-order valence-electron chi connectivity index (χ2n) is 4.61. The van der Waals surface area contributed by atoms with E-state index in [-0.39, 0.29) is 17.9 Å². The Morgan fingerprint density at radius 3 is 2.68 bits per heavy atom. The van der Waals surface area contributed by atoms with Gasteiger partial charge in [-0.1, -0.05) is 18.5 Å². The molecule has 0 spiro atoms. The molecule has 1 rings (SSSR count). The average Bonchev–Trinajstić information content (AvgIpc) is 2.38. The van der Waals surface area contributed by atoms with Gasteiger partial charge < -0.3 is 15.2 Å². The van der Waals surface area contributed by atoms with Crippen molar-refractivity contribution in [2.24, 2.45) is 11.7 Å². The summed E-state index contributed by atoms with van der Waals surface area (Å²) >= 11 is 5.98. The molecule has 4 nitrogen and oxygen atoms in total. The Morgan fingerprint density at radius 2 is 2.11 bits per heavy atom. The van der Waals surface area contributed by atoms with Crippen LogP contribution in [-0.4, -0.2) is 20.2 Å². The first kappa shape index (κ1) is 15.8. The topological polar surface area (TPSA) is 61.5 Å². The average molecular weight is 286 g/mol. The van der Waals surface area contributed by atoms with Crippen molar-refractivity contribution in [3.8, 4) is 5.75 Å². The lowest BCUT2D eigenvalue weighted by Gasteiger charge is -2.19. The standard InChI is InChI=1S/C14H20ClNO3/c1-9(7-14(17)19-3)6-12(16)11-8-10(15)4-5-13(11)18-2/h4-5,8-9,12H,6-7,16H2,1-3H3. The number of rotatable bonds is 6. The van der Waals surface area contributed by atoms with Gasteiger partial charge >= 0.3 is 5.97 Å². The summed E-state index contributed by atoms with van der Waals surface area (Å²) in [5.74, 6) is 0.617. The van der Waals surface area contributed by atoms with Gasteiger partial charge in [-0.05, 0) is 30.5 Å². The molecule has 0 aliphatic rings. The second-order valence-corrected chi connectivity index (χ2v) is 5.05. The van der Waals surface area contributed by atoms with E-state index < -0.39 is 0 Å². The fraction of sp³-hybridized carbons (Fsp3) is 0.500. The number of ether oxygens (including phenoxy) is 2. The molecule has 2 atom stereocenters. The first-order valence-electron chi connectivity index (χ1n) is 6.13.